The smallest absolute Gasteiger partial charge is 0.269 e. The third-order valence-corrected chi connectivity index (χ3v) is 4.27. The average Bonchev–Trinajstić information content (AvgIpc) is 2.70. The number of nitrogens with zero attached hydrogens (tertiary/aromatic N) is 1. The maximum absolute atomic E-state index is 13.0. The average molecular weight is 400 g/mol. The molecule has 3 N–H and O–H groups in total. The molecule has 0 radical (unpaired) electrons. The number of carbonyl (C=O) groups is 3. The zero-order valence-corrected chi connectivity index (χ0v) is 16.8. The van der Waals surface area contributed by atoms with Crippen molar-refractivity contribution >= 4 is 23.4 Å². The quantitative estimate of drug-likeness (QED) is 0.648. The Morgan fingerprint density at radius 2 is 1.55 bits per heavy atom. The number of anilines is 1. The van der Waals surface area contributed by atoms with Crippen LogP contribution in [0.2, 0.25) is 0 Å². The fourth-order valence-corrected chi connectivity index (χ4v) is 2.55. The second-order valence-corrected chi connectivity index (χ2v) is 7.09. The highest BCUT2D eigenvalue weighted by atomic mass is 19.1. The predicted octanol–water partition coefficient (Wildman–Crippen LogP) is 2.11. The first-order chi connectivity index (χ1) is 13.7. The Morgan fingerprint density at radius 1 is 0.897 bits per heavy atom. The maximum atomic E-state index is 13.0. The number of carbonyl (C=O) groups excluding carboxylic acids is 3. The number of nitrogens with one attached hydrogen (secondary N) is 3. The van der Waals surface area contributed by atoms with Crippen LogP contribution in [0.3, 0.4) is 0 Å². The van der Waals surface area contributed by atoms with E-state index in [1.165, 1.54) is 24.3 Å². The summed E-state index contributed by atoms with van der Waals surface area (Å²) in [5.74, 6) is -2.25. The largest absolute Gasteiger partial charge is 0.378 e. The maximum Gasteiger partial charge on any atom is 0.269 e. The first-order valence-electron chi connectivity index (χ1n) is 9.13. The van der Waals surface area contributed by atoms with Crippen LogP contribution in [-0.2, 0) is 4.79 Å². The normalized spacial score (nSPS) is 11.5. The van der Waals surface area contributed by atoms with E-state index in [0.717, 1.165) is 5.69 Å². The number of benzene rings is 2. The predicted molar refractivity (Wildman–Crippen MR) is 109 cm³/mol. The van der Waals surface area contributed by atoms with Gasteiger partial charge in [0, 0.05) is 30.9 Å². The molecule has 2 aromatic carbocycles. The lowest BCUT2D eigenvalue weighted by Gasteiger charge is -2.22. The molecule has 0 aliphatic rings. The molecule has 2 rings (SSSR count). The van der Waals surface area contributed by atoms with Crippen LogP contribution in [-0.4, -0.2) is 37.9 Å². The van der Waals surface area contributed by atoms with Gasteiger partial charge in [0.25, 0.3) is 17.7 Å². The molecule has 29 heavy (non-hydrogen) atoms. The van der Waals surface area contributed by atoms with Gasteiger partial charge in [0.05, 0.1) is 0 Å². The Hall–Kier alpha value is -3.42. The van der Waals surface area contributed by atoms with Gasteiger partial charge in [-0.15, -0.1) is 0 Å². The van der Waals surface area contributed by atoms with Crippen LogP contribution in [0.5, 0.6) is 0 Å². The standard InChI is InChI=1S/C21H25FN4O3/c1-13(2)18(23-19(27)14-8-10-16(22)11-9-14)21(29)25-24-20(28)15-6-5-7-17(12-15)26(3)4/h5-13,18H,1-4H3,(H,23,27)(H,24,28)(H,25,29). The van der Waals surface area contributed by atoms with Crippen molar-refractivity contribution in [3.63, 3.8) is 0 Å². The van der Waals surface area contributed by atoms with Crippen LogP contribution in [0, 0.1) is 11.7 Å². The summed E-state index contributed by atoms with van der Waals surface area (Å²) in [4.78, 5) is 39.0. The third kappa shape index (κ3) is 6.03. The van der Waals surface area contributed by atoms with E-state index in [1.54, 1.807) is 32.0 Å². The molecule has 1 atom stereocenters. The highest BCUT2D eigenvalue weighted by Gasteiger charge is 2.25. The Kier molecular flexibility index (Phi) is 7.30. The van der Waals surface area contributed by atoms with Crippen molar-refractivity contribution in [2.75, 3.05) is 19.0 Å². The van der Waals surface area contributed by atoms with Crippen molar-refractivity contribution in [3.05, 3.63) is 65.5 Å². The van der Waals surface area contributed by atoms with Crippen LogP contribution in [0.1, 0.15) is 34.6 Å². The molecule has 1 unspecified atom stereocenters. The summed E-state index contributed by atoms with van der Waals surface area (Å²) in [6.07, 6.45) is 0. The Labute approximate surface area is 169 Å². The van der Waals surface area contributed by atoms with Gasteiger partial charge in [0.15, 0.2) is 0 Å². The van der Waals surface area contributed by atoms with Gasteiger partial charge in [0.1, 0.15) is 11.9 Å². The molecule has 7 nitrogen and oxygen atoms in total. The Morgan fingerprint density at radius 3 is 2.14 bits per heavy atom. The fourth-order valence-electron chi connectivity index (χ4n) is 2.55. The van der Waals surface area contributed by atoms with E-state index in [2.05, 4.69) is 16.2 Å². The topological polar surface area (TPSA) is 90.5 Å². The molecule has 0 spiro atoms. The van der Waals surface area contributed by atoms with Gasteiger partial charge in [-0.3, -0.25) is 25.2 Å². The van der Waals surface area contributed by atoms with Crippen LogP contribution < -0.4 is 21.1 Å². The summed E-state index contributed by atoms with van der Waals surface area (Å²) in [6.45, 7) is 3.52. The van der Waals surface area contributed by atoms with Gasteiger partial charge in [0.2, 0.25) is 0 Å². The Balaban J connectivity index is 2.00. The van der Waals surface area contributed by atoms with E-state index in [1.807, 2.05) is 25.1 Å². The van der Waals surface area contributed by atoms with E-state index in [0.29, 0.717) is 5.56 Å². The monoisotopic (exact) mass is 400 g/mol. The van der Waals surface area contributed by atoms with E-state index in [9.17, 15) is 18.8 Å². The van der Waals surface area contributed by atoms with Gasteiger partial charge in [-0.2, -0.15) is 0 Å². The van der Waals surface area contributed by atoms with Crippen molar-refractivity contribution in [1.29, 1.82) is 0 Å². The molecule has 0 aliphatic heterocycles. The highest BCUT2D eigenvalue weighted by Crippen LogP contribution is 2.13. The molecule has 0 bridgehead atoms. The molecular formula is C21H25FN4O3. The minimum atomic E-state index is -0.888. The number of halogens is 1. The lowest BCUT2D eigenvalue weighted by Crippen LogP contribution is -2.54. The van der Waals surface area contributed by atoms with E-state index in [-0.39, 0.29) is 11.5 Å². The number of rotatable bonds is 6. The van der Waals surface area contributed by atoms with Crippen molar-refractivity contribution in [2.45, 2.75) is 19.9 Å². The second-order valence-electron chi connectivity index (χ2n) is 7.09. The summed E-state index contributed by atoms with van der Waals surface area (Å²) in [5.41, 5.74) is 6.17. The lowest BCUT2D eigenvalue weighted by atomic mass is 10.0. The molecule has 154 valence electrons. The number of hydrogen-bond donors (Lipinski definition) is 3. The minimum Gasteiger partial charge on any atom is -0.378 e. The van der Waals surface area contributed by atoms with Crippen molar-refractivity contribution < 1.29 is 18.8 Å². The van der Waals surface area contributed by atoms with Crippen LogP contribution in [0.15, 0.2) is 48.5 Å². The summed E-state index contributed by atoms with van der Waals surface area (Å²) in [6, 6.07) is 11.0. The van der Waals surface area contributed by atoms with Crippen LogP contribution in [0.25, 0.3) is 0 Å². The SMILES string of the molecule is CC(C)C(NC(=O)c1ccc(F)cc1)C(=O)NNC(=O)c1cccc(N(C)C)c1. The summed E-state index contributed by atoms with van der Waals surface area (Å²) in [5, 5.41) is 2.61. The zero-order chi connectivity index (χ0) is 21.6. The minimum absolute atomic E-state index is 0.231. The van der Waals surface area contributed by atoms with Crippen molar-refractivity contribution in [2.24, 2.45) is 5.92 Å². The van der Waals surface area contributed by atoms with Crippen molar-refractivity contribution in [3.8, 4) is 0 Å². The molecule has 0 aliphatic carbocycles. The molecule has 3 amide bonds. The first kappa shape index (κ1) is 21.9. The van der Waals surface area contributed by atoms with Gasteiger partial charge in [-0.05, 0) is 48.4 Å². The summed E-state index contributed by atoms with van der Waals surface area (Å²) < 4.78 is 13.0. The molecule has 8 heteroatoms. The third-order valence-electron chi connectivity index (χ3n) is 4.27. The van der Waals surface area contributed by atoms with Gasteiger partial charge >= 0.3 is 0 Å². The first-order valence-corrected chi connectivity index (χ1v) is 9.13. The molecular weight excluding hydrogens is 375 g/mol. The zero-order valence-electron chi connectivity index (χ0n) is 16.8. The molecule has 0 fully saturated rings. The highest BCUT2D eigenvalue weighted by molar-refractivity contribution is 5.99. The van der Waals surface area contributed by atoms with Crippen molar-refractivity contribution in [1.82, 2.24) is 16.2 Å². The lowest BCUT2D eigenvalue weighted by molar-refractivity contribution is -0.124. The van der Waals surface area contributed by atoms with E-state index >= 15 is 0 Å². The fraction of sp³-hybridized carbons (Fsp3) is 0.286. The molecule has 0 aromatic heterocycles. The summed E-state index contributed by atoms with van der Waals surface area (Å²) >= 11 is 0. The van der Waals surface area contributed by atoms with Crippen LogP contribution in [0.4, 0.5) is 10.1 Å². The molecule has 2 aromatic rings. The Bertz CT molecular complexity index is 882. The number of amides is 3. The summed E-state index contributed by atoms with van der Waals surface area (Å²) in [7, 11) is 3.71. The molecule has 0 heterocycles. The number of hydrazine groups is 1. The van der Waals surface area contributed by atoms with Gasteiger partial charge < -0.3 is 10.2 Å². The van der Waals surface area contributed by atoms with Gasteiger partial charge in [-0.1, -0.05) is 19.9 Å². The molecule has 0 saturated carbocycles. The number of hydrogen-bond acceptors (Lipinski definition) is 4. The van der Waals surface area contributed by atoms with E-state index < -0.39 is 29.6 Å². The van der Waals surface area contributed by atoms with Gasteiger partial charge in [-0.25, -0.2) is 4.39 Å². The van der Waals surface area contributed by atoms with E-state index in [4.69, 9.17) is 0 Å². The second kappa shape index (κ2) is 9.68. The van der Waals surface area contributed by atoms with Crippen LogP contribution >= 0.6 is 0 Å². The molecule has 0 saturated heterocycles.